The summed E-state index contributed by atoms with van der Waals surface area (Å²) in [4.78, 5) is 0. The van der Waals surface area contributed by atoms with Crippen LogP contribution in [0.15, 0.2) is 0 Å². The molecule has 0 amide bonds. The molecule has 0 bridgehead atoms. The van der Waals surface area contributed by atoms with Gasteiger partial charge in [0.1, 0.15) is 0 Å². The predicted molar refractivity (Wildman–Crippen MR) is 66.8 cm³/mol. The highest BCUT2D eigenvalue weighted by atomic mass is 32.2. The molecule has 0 aromatic rings. The molecule has 0 fully saturated rings. The number of unbranched alkanes of at least 4 members (excludes halogenated alkanes) is 8. The van der Waals surface area contributed by atoms with Crippen molar-refractivity contribution < 1.29 is 13.0 Å². The Morgan fingerprint density at radius 2 is 1.31 bits per heavy atom. The molecule has 0 rings (SSSR count). The molecule has 0 aromatic carbocycles. The molecule has 0 aliphatic heterocycles. The average molecular weight is 251 g/mol. The molecular formula is C11H25NO3S. The van der Waals surface area contributed by atoms with Crippen LogP contribution >= 0.6 is 0 Å². The third-order valence-electron chi connectivity index (χ3n) is 2.56. The van der Waals surface area contributed by atoms with Crippen LogP contribution in [0.2, 0.25) is 0 Å². The molecule has 0 saturated carbocycles. The molecule has 0 atom stereocenters. The highest BCUT2D eigenvalue weighted by Crippen LogP contribution is 2.09. The van der Waals surface area contributed by atoms with E-state index < -0.39 is 10.3 Å². The highest BCUT2D eigenvalue weighted by molar-refractivity contribution is 7.83. The van der Waals surface area contributed by atoms with Gasteiger partial charge in [-0.25, -0.2) is 0 Å². The van der Waals surface area contributed by atoms with Gasteiger partial charge in [-0.2, -0.15) is 13.1 Å². The van der Waals surface area contributed by atoms with Gasteiger partial charge >= 0.3 is 10.3 Å². The van der Waals surface area contributed by atoms with Gasteiger partial charge in [0, 0.05) is 6.54 Å². The Balaban J connectivity index is 3.05. The van der Waals surface area contributed by atoms with Crippen LogP contribution in [0.1, 0.15) is 64.7 Å². The monoisotopic (exact) mass is 251 g/mol. The molecular weight excluding hydrogens is 226 g/mol. The minimum atomic E-state index is -3.98. The Hall–Kier alpha value is -0.130. The molecule has 98 valence electrons. The van der Waals surface area contributed by atoms with Crippen LogP contribution in [-0.4, -0.2) is 19.5 Å². The lowest BCUT2D eigenvalue weighted by Crippen LogP contribution is -2.23. The fraction of sp³-hybridized carbons (Fsp3) is 1.00. The van der Waals surface area contributed by atoms with Crippen molar-refractivity contribution in [2.45, 2.75) is 64.7 Å². The van der Waals surface area contributed by atoms with Gasteiger partial charge in [0.2, 0.25) is 0 Å². The molecule has 0 aliphatic rings. The van der Waals surface area contributed by atoms with Gasteiger partial charge in [-0.3, -0.25) is 4.55 Å². The predicted octanol–water partition coefficient (Wildman–Crippen LogP) is 2.91. The third-order valence-corrected chi connectivity index (χ3v) is 3.13. The smallest absolute Gasteiger partial charge is 0.273 e. The van der Waals surface area contributed by atoms with Gasteiger partial charge in [-0.1, -0.05) is 58.3 Å². The highest BCUT2D eigenvalue weighted by Gasteiger charge is 2.00. The fourth-order valence-electron chi connectivity index (χ4n) is 1.64. The summed E-state index contributed by atoms with van der Waals surface area (Å²) in [5.41, 5.74) is 0. The second kappa shape index (κ2) is 10.1. The van der Waals surface area contributed by atoms with Crippen molar-refractivity contribution in [2.75, 3.05) is 6.54 Å². The summed E-state index contributed by atoms with van der Waals surface area (Å²) in [6.07, 6.45) is 10.8. The lowest BCUT2D eigenvalue weighted by Gasteiger charge is -2.02. The summed E-state index contributed by atoms with van der Waals surface area (Å²) < 4.78 is 31.1. The van der Waals surface area contributed by atoms with E-state index in [2.05, 4.69) is 11.6 Å². The Morgan fingerprint density at radius 1 is 0.875 bits per heavy atom. The van der Waals surface area contributed by atoms with Crippen LogP contribution in [0.5, 0.6) is 0 Å². The largest absolute Gasteiger partial charge is 0.333 e. The van der Waals surface area contributed by atoms with Crippen molar-refractivity contribution in [3.8, 4) is 0 Å². The van der Waals surface area contributed by atoms with E-state index in [4.69, 9.17) is 4.55 Å². The Labute approximate surface area is 99.7 Å². The molecule has 0 unspecified atom stereocenters. The molecule has 0 heterocycles. The second-order valence-electron chi connectivity index (χ2n) is 4.20. The van der Waals surface area contributed by atoms with Crippen molar-refractivity contribution in [1.82, 2.24) is 4.72 Å². The van der Waals surface area contributed by atoms with E-state index in [1.165, 1.54) is 38.5 Å². The number of hydrogen-bond acceptors (Lipinski definition) is 2. The lowest BCUT2D eigenvalue weighted by atomic mass is 10.1. The minimum absolute atomic E-state index is 0.342. The van der Waals surface area contributed by atoms with Gasteiger partial charge < -0.3 is 0 Å². The summed E-state index contributed by atoms with van der Waals surface area (Å²) in [5.74, 6) is 0. The lowest BCUT2D eigenvalue weighted by molar-refractivity contribution is 0.464. The first kappa shape index (κ1) is 15.9. The van der Waals surface area contributed by atoms with Crippen LogP contribution < -0.4 is 4.72 Å². The van der Waals surface area contributed by atoms with E-state index in [9.17, 15) is 8.42 Å². The zero-order valence-electron chi connectivity index (χ0n) is 10.2. The Bertz CT molecular complexity index is 240. The molecule has 0 saturated heterocycles. The standard InChI is InChI=1S/C11H25NO3S/c1-2-3-4-5-6-7-8-9-10-11-12-16(13,14)15/h12H,2-11H2,1H3,(H,13,14,15). The zero-order valence-corrected chi connectivity index (χ0v) is 11.1. The van der Waals surface area contributed by atoms with E-state index >= 15 is 0 Å². The molecule has 5 heteroatoms. The van der Waals surface area contributed by atoms with Crippen LogP contribution in [0.4, 0.5) is 0 Å². The van der Waals surface area contributed by atoms with Crippen molar-refractivity contribution >= 4 is 10.3 Å². The van der Waals surface area contributed by atoms with Crippen LogP contribution in [-0.2, 0) is 10.3 Å². The SMILES string of the molecule is CCCCCCCCCCCNS(=O)(=O)O. The van der Waals surface area contributed by atoms with Gasteiger partial charge in [-0.05, 0) is 6.42 Å². The minimum Gasteiger partial charge on any atom is -0.273 e. The number of nitrogens with one attached hydrogen (secondary N) is 1. The summed E-state index contributed by atoms with van der Waals surface area (Å²) >= 11 is 0. The van der Waals surface area contributed by atoms with Crippen molar-refractivity contribution in [3.05, 3.63) is 0 Å². The molecule has 0 aliphatic carbocycles. The van der Waals surface area contributed by atoms with Crippen molar-refractivity contribution in [2.24, 2.45) is 0 Å². The Kier molecular flexibility index (Phi) is 9.97. The van der Waals surface area contributed by atoms with E-state index in [1.807, 2.05) is 0 Å². The van der Waals surface area contributed by atoms with E-state index in [0.717, 1.165) is 19.3 Å². The summed E-state index contributed by atoms with van der Waals surface area (Å²) in [5, 5.41) is 0. The normalized spacial score (nSPS) is 11.9. The maximum Gasteiger partial charge on any atom is 0.333 e. The first-order valence-corrected chi connectivity index (χ1v) is 7.72. The maximum absolute atomic E-state index is 10.3. The fourth-order valence-corrected chi connectivity index (χ4v) is 2.04. The maximum atomic E-state index is 10.3. The third kappa shape index (κ3) is 13.9. The van der Waals surface area contributed by atoms with Gasteiger partial charge in [0.05, 0.1) is 0 Å². The van der Waals surface area contributed by atoms with E-state index in [1.54, 1.807) is 0 Å². The molecule has 0 spiro atoms. The van der Waals surface area contributed by atoms with Crippen molar-refractivity contribution in [3.63, 3.8) is 0 Å². The Morgan fingerprint density at radius 3 is 1.75 bits per heavy atom. The average Bonchev–Trinajstić information content (AvgIpc) is 2.19. The van der Waals surface area contributed by atoms with Crippen molar-refractivity contribution in [1.29, 1.82) is 0 Å². The van der Waals surface area contributed by atoms with Gasteiger partial charge in [-0.15, -0.1) is 0 Å². The summed E-state index contributed by atoms with van der Waals surface area (Å²) in [6, 6.07) is 0. The summed E-state index contributed by atoms with van der Waals surface area (Å²) in [6.45, 7) is 2.55. The second-order valence-corrected chi connectivity index (χ2v) is 5.44. The zero-order chi connectivity index (χ0) is 12.3. The summed E-state index contributed by atoms with van der Waals surface area (Å²) in [7, 11) is -3.98. The van der Waals surface area contributed by atoms with Crippen LogP contribution in [0.3, 0.4) is 0 Å². The van der Waals surface area contributed by atoms with E-state index in [0.29, 0.717) is 6.54 Å². The van der Waals surface area contributed by atoms with Crippen LogP contribution in [0, 0.1) is 0 Å². The molecule has 16 heavy (non-hydrogen) atoms. The quantitative estimate of drug-likeness (QED) is 0.438. The molecule has 2 N–H and O–H groups in total. The molecule has 0 aromatic heterocycles. The first-order chi connectivity index (χ1) is 7.56. The van der Waals surface area contributed by atoms with E-state index in [-0.39, 0.29) is 0 Å². The van der Waals surface area contributed by atoms with Gasteiger partial charge in [0.15, 0.2) is 0 Å². The first-order valence-electron chi connectivity index (χ1n) is 6.28. The number of hydrogen-bond donors (Lipinski definition) is 2. The topological polar surface area (TPSA) is 66.4 Å². The van der Waals surface area contributed by atoms with Gasteiger partial charge in [0.25, 0.3) is 0 Å². The number of rotatable bonds is 11. The molecule has 4 nitrogen and oxygen atoms in total. The molecule has 0 radical (unpaired) electrons. The van der Waals surface area contributed by atoms with Crippen LogP contribution in [0.25, 0.3) is 0 Å².